The molecule has 0 aromatic heterocycles. The summed E-state index contributed by atoms with van der Waals surface area (Å²) in [5, 5.41) is 0. The zero-order chi connectivity index (χ0) is 59.2. The number of esters is 3. The van der Waals surface area contributed by atoms with Crippen molar-refractivity contribution in [2.75, 3.05) is 13.2 Å². The molecule has 0 aliphatic carbocycles. The highest BCUT2D eigenvalue weighted by Gasteiger charge is 2.19. The summed E-state index contributed by atoms with van der Waals surface area (Å²) >= 11 is 0. The summed E-state index contributed by atoms with van der Waals surface area (Å²) in [6, 6.07) is 0. The minimum absolute atomic E-state index is 0.0772. The third-order valence-electron chi connectivity index (χ3n) is 15.9. The predicted molar refractivity (Wildman–Crippen MR) is 358 cm³/mol. The van der Waals surface area contributed by atoms with Crippen LogP contribution in [0.3, 0.4) is 0 Å². The Morgan fingerprint density at radius 2 is 0.488 bits per heavy atom. The second-order valence-electron chi connectivity index (χ2n) is 24.1. The Hall–Kier alpha value is -3.15. The number of carbonyl (C=O) groups excluding carboxylic acids is 3. The van der Waals surface area contributed by atoms with Crippen LogP contribution in [0.2, 0.25) is 0 Å². The van der Waals surface area contributed by atoms with Crippen molar-refractivity contribution in [3.05, 3.63) is 72.9 Å². The van der Waals surface area contributed by atoms with Crippen molar-refractivity contribution in [2.24, 2.45) is 0 Å². The zero-order valence-corrected chi connectivity index (χ0v) is 54.8. The highest BCUT2D eigenvalue weighted by atomic mass is 16.6. The largest absolute Gasteiger partial charge is 0.462 e. The van der Waals surface area contributed by atoms with Gasteiger partial charge in [0.1, 0.15) is 13.2 Å². The molecule has 6 nitrogen and oxygen atoms in total. The molecule has 0 saturated carbocycles. The van der Waals surface area contributed by atoms with E-state index in [-0.39, 0.29) is 31.1 Å². The van der Waals surface area contributed by atoms with Gasteiger partial charge in [0.15, 0.2) is 6.10 Å². The second-order valence-corrected chi connectivity index (χ2v) is 24.1. The average Bonchev–Trinajstić information content (AvgIpc) is 3.47. The van der Waals surface area contributed by atoms with E-state index in [1.807, 2.05) is 0 Å². The Morgan fingerprint density at radius 1 is 0.256 bits per heavy atom. The fraction of sp³-hybridized carbons (Fsp3) is 0.803. The summed E-state index contributed by atoms with van der Waals surface area (Å²) in [7, 11) is 0. The number of ether oxygens (including phenoxy) is 3. The molecule has 0 aliphatic rings. The molecule has 476 valence electrons. The lowest BCUT2D eigenvalue weighted by Crippen LogP contribution is -2.30. The first kappa shape index (κ1) is 78.8. The van der Waals surface area contributed by atoms with E-state index in [4.69, 9.17) is 14.2 Å². The van der Waals surface area contributed by atoms with E-state index in [1.165, 1.54) is 231 Å². The first-order valence-electron chi connectivity index (χ1n) is 35.9. The fourth-order valence-corrected chi connectivity index (χ4v) is 10.6. The van der Waals surface area contributed by atoms with E-state index in [0.29, 0.717) is 19.3 Å². The van der Waals surface area contributed by atoms with Gasteiger partial charge < -0.3 is 14.2 Å². The molecule has 0 aromatic rings. The van der Waals surface area contributed by atoms with Crippen molar-refractivity contribution in [1.82, 2.24) is 0 Å². The smallest absolute Gasteiger partial charge is 0.306 e. The van der Waals surface area contributed by atoms with Crippen LogP contribution in [0.4, 0.5) is 0 Å². The number of hydrogen-bond acceptors (Lipinski definition) is 6. The lowest BCUT2D eigenvalue weighted by Gasteiger charge is -2.18. The van der Waals surface area contributed by atoms with E-state index in [0.717, 1.165) is 103 Å². The maximum Gasteiger partial charge on any atom is 0.306 e. The van der Waals surface area contributed by atoms with Crippen LogP contribution in [-0.2, 0) is 28.6 Å². The summed E-state index contributed by atoms with van der Waals surface area (Å²) in [6.07, 6.45) is 92.2. The molecule has 1 atom stereocenters. The summed E-state index contributed by atoms with van der Waals surface area (Å²) in [4.78, 5) is 38.5. The highest BCUT2D eigenvalue weighted by molar-refractivity contribution is 5.71. The van der Waals surface area contributed by atoms with Gasteiger partial charge in [-0.1, -0.05) is 344 Å². The van der Waals surface area contributed by atoms with Crippen LogP contribution in [-0.4, -0.2) is 37.2 Å². The molecule has 0 rings (SSSR count). The Morgan fingerprint density at radius 3 is 0.780 bits per heavy atom. The van der Waals surface area contributed by atoms with Crippen LogP contribution >= 0.6 is 0 Å². The molecule has 82 heavy (non-hydrogen) atoms. The van der Waals surface area contributed by atoms with Gasteiger partial charge in [-0.15, -0.1) is 0 Å². The molecule has 0 spiro atoms. The molecule has 0 aliphatic heterocycles. The maximum atomic E-state index is 13.0. The van der Waals surface area contributed by atoms with Crippen molar-refractivity contribution in [2.45, 2.75) is 380 Å². The second kappa shape index (κ2) is 70.3. The van der Waals surface area contributed by atoms with Crippen LogP contribution in [0, 0.1) is 0 Å². The molecule has 0 radical (unpaired) electrons. The third-order valence-corrected chi connectivity index (χ3v) is 15.9. The Labute approximate surface area is 510 Å². The van der Waals surface area contributed by atoms with Gasteiger partial charge >= 0.3 is 17.9 Å². The fourth-order valence-electron chi connectivity index (χ4n) is 10.6. The van der Waals surface area contributed by atoms with Gasteiger partial charge in [-0.3, -0.25) is 14.4 Å². The quantitative estimate of drug-likeness (QED) is 0.0261. The van der Waals surface area contributed by atoms with Gasteiger partial charge in [0.05, 0.1) is 0 Å². The SMILES string of the molecule is CC/C=C\C/C=C\C/C=C\C/C=C\CCCCCCCCCCCCCCC(=O)OCC(COC(=O)CCCCCCC/C=C\C/C=C\CCCC)OC(=O)CCCCCCCCCCCCCCCCCCCCCCCCCCC. The van der Waals surface area contributed by atoms with E-state index in [9.17, 15) is 14.4 Å². The summed E-state index contributed by atoms with van der Waals surface area (Å²) in [6.45, 7) is 6.54. The molecule has 1 unspecified atom stereocenters. The minimum atomic E-state index is -0.782. The predicted octanol–water partition coefficient (Wildman–Crippen LogP) is 24.8. The molecule has 0 heterocycles. The standard InChI is InChI=1S/C76H136O6/c1-4-7-10-13-16-19-22-25-28-30-32-34-36-38-40-42-44-46-48-51-54-57-60-63-66-69-75(78)81-72-73(71-80-74(77)68-65-62-59-56-53-50-27-24-21-18-15-12-9-6-3)82-76(79)70-67-64-61-58-55-52-49-47-45-43-41-39-37-35-33-31-29-26-23-20-17-14-11-8-5-2/h7,10,15-16,18-19,24-25,27-28,32,34,73H,4-6,8-9,11-14,17,20-23,26,29-31,33,35-72H2,1-3H3/b10-7-,18-15-,19-16-,27-24-,28-25-,34-32-. The molecule has 0 saturated heterocycles. The molecule has 6 heteroatoms. The van der Waals surface area contributed by atoms with Gasteiger partial charge in [0.2, 0.25) is 0 Å². The number of allylic oxidation sites excluding steroid dienone is 12. The molecule has 0 aromatic carbocycles. The maximum absolute atomic E-state index is 13.0. The van der Waals surface area contributed by atoms with Crippen molar-refractivity contribution in [3.8, 4) is 0 Å². The van der Waals surface area contributed by atoms with Crippen LogP contribution < -0.4 is 0 Å². The van der Waals surface area contributed by atoms with Gasteiger partial charge in [0.25, 0.3) is 0 Å². The Bertz CT molecular complexity index is 1500. The van der Waals surface area contributed by atoms with Gasteiger partial charge in [-0.05, 0) is 83.5 Å². The molecular formula is C76H136O6. The zero-order valence-electron chi connectivity index (χ0n) is 54.8. The highest BCUT2D eigenvalue weighted by Crippen LogP contribution is 2.18. The van der Waals surface area contributed by atoms with E-state index < -0.39 is 6.10 Å². The molecule has 0 amide bonds. The molecular weight excluding hydrogens is 1010 g/mol. The first-order chi connectivity index (χ1) is 40.5. The normalized spacial score (nSPS) is 12.5. The lowest BCUT2D eigenvalue weighted by atomic mass is 10.0. The lowest BCUT2D eigenvalue weighted by molar-refractivity contribution is -0.167. The van der Waals surface area contributed by atoms with Crippen molar-refractivity contribution >= 4 is 17.9 Å². The summed E-state index contributed by atoms with van der Waals surface area (Å²) < 4.78 is 17.0. The van der Waals surface area contributed by atoms with Crippen molar-refractivity contribution in [1.29, 1.82) is 0 Å². The number of unbranched alkanes of at least 4 members (excludes halogenated alkanes) is 43. The van der Waals surface area contributed by atoms with E-state index >= 15 is 0 Å². The first-order valence-corrected chi connectivity index (χ1v) is 35.9. The molecule has 0 fully saturated rings. The number of hydrogen-bond donors (Lipinski definition) is 0. The minimum Gasteiger partial charge on any atom is -0.462 e. The van der Waals surface area contributed by atoms with Crippen LogP contribution in [0.15, 0.2) is 72.9 Å². The van der Waals surface area contributed by atoms with Crippen LogP contribution in [0.25, 0.3) is 0 Å². The van der Waals surface area contributed by atoms with Gasteiger partial charge in [0, 0.05) is 19.3 Å². The Balaban J connectivity index is 4.27. The topological polar surface area (TPSA) is 78.9 Å². The van der Waals surface area contributed by atoms with Gasteiger partial charge in [-0.2, -0.15) is 0 Å². The third kappa shape index (κ3) is 67.6. The number of carbonyl (C=O) groups is 3. The molecule has 0 N–H and O–H groups in total. The average molecular weight is 1150 g/mol. The number of rotatable bonds is 66. The van der Waals surface area contributed by atoms with Crippen LogP contribution in [0.5, 0.6) is 0 Å². The monoisotopic (exact) mass is 1150 g/mol. The van der Waals surface area contributed by atoms with Crippen molar-refractivity contribution in [3.63, 3.8) is 0 Å². The summed E-state index contributed by atoms with van der Waals surface area (Å²) in [5.74, 6) is -0.870. The van der Waals surface area contributed by atoms with Crippen molar-refractivity contribution < 1.29 is 28.6 Å². The van der Waals surface area contributed by atoms with Crippen LogP contribution in [0.1, 0.15) is 374 Å². The van der Waals surface area contributed by atoms with E-state index in [1.54, 1.807) is 0 Å². The Kier molecular flexibility index (Phi) is 67.6. The molecule has 0 bridgehead atoms. The summed E-state index contributed by atoms with van der Waals surface area (Å²) in [5.41, 5.74) is 0. The van der Waals surface area contributed by atoms with Gasteiger partial charge in [-0.25, -0.2) is 0 Å². The van der Waals surface area contributed by atoms with E-state index in [2.05, 4.69) is 93.7 Å².